The van der Waals surface area contributed by atoms with Crippen LogP contribution in [-0.4, -0.2) is 18.6 Å². The molecule has 0 aliphatic heterocycles. The van der Waals surface area contributed by atoms with Crippen molar-refractivity contribution in [1.82, 2.24) is 4.98 Å². The van der Waals surface area contributed by atoms with Crippen LogP contribution >= 0.6 is 0 Å². The van der Waals surface area contributed by atoms with E-state index in [0.29, 0.717) is 12.1 Å². The number of nitrogens with zero attached hydrogens (tertiary/aromatic N) is 3. The van der Waals surface area contributed by atoms with Crippen LogP contribution in [0.1, 0.15) is 24.6 Å². The van der Waals surface area contributed by atoms with E-state index in [9.17, 15) is 0 Å². The van der Waals surface area contributed by atoms with Gasteiger partial charge in [-0.3, -0.25) is 0 Å². The Labute approximate surface area is 126 Å². The molecule has 0 aliphatic carbocycles. The maximum Gasteiger partial charge on any atom is 0.126 e. The van der Waals surface area contributed by atoms with Crippen molar-refractivity contribution in [3.05, 3.63) is 53.7 Å². The molecule has 4 nitrogen and oxygen atoms in total. The smallest absolute Gasteiger partial charge is 0.126 e. The number of pyridine rings is 1. The molecule has 0 bridgehead atoms. The predicted octanol–water partition coefficient (Wildman–Crippen LogP) is 3.41. The molecule has 4 heteroatoms. The van der Waals surface area contributed by atoms with E-state index in [-0.39, 0.29) is 0 Å². The first-order chi connectivity index (χ1) is 10.2. The van der Waals surface area contributed by atoms with Crippen LogP contribution in [0.5, 0.6) is 0 Å². The number of hydrogen-bond donors (Lipinski definition) is 1. The van der Waals surface area contributed by atoms with Gasteiger partial charge in [-0.05, 0) is 36.8 Å². The zero-order valence-corrected chi connectivity index (χ0v) is 12.5. The third-order valence-corrected chi connectivity index (χ3v) is 3.18. The summed E-state index contributed by atoms with van der Waals surface area (Å²) in [6.07, 6.45) is 1.08. The van der Waals surface area contributed by atoms with Crippen LogP contribution in [0.3, 0.4) is 0 Å². The molecule has 0 aliphatic rings. The number of nitrogens with one attached hydrogen (secondary N) is 1. The molecule has 1 N–H and O–H groups in total. The average molecular weight is 280 g/mol. The number of aromatic nitrogens is 1. The van der Waals surface area contributed by atoms with Crippen molar-refractivity contribution < 1.29 is 0 Å². The highest BCUT2D eigenvalue weighted by Crippen LogP contribution is 2.17. The molecule has 0 atom stereocenters. The Morgan fingerprint density at radius 1 is 1.24 bits per heavy atom. The lowest BCUT2D eigenvalue weighted by Crippen LogP contribution is -2.17. The normalized spacial score (nSPS) is 9.95. The Bertz CT molecular complexity index is 631. The maximum absolute atomic E-state index is 8.96. The second-order valence-electron chi connectivity index (χ2n) is 4.96. The predicted molar refractivity (Wildman–Crippen MR) is 86.3 cm³/mol. The summed E-state index contributed by atoms with van der Waals surface area (Å²) in [5, 5.41) is 12.3. The molecule has 0 radical (unpaired) electrons. The number of benzene rings is 1. The fraction of sp³-hybridized carbons (Fsp3) is 0.294. The standard InChI is InChI=1S/C17H20N4/c1-3-10-19-17-9-5-7-15(20-17)13-21(2)16-8-4-6-14(11-16)12-18/h4-9,11H,3,10,13H2,1-2H3,(H,19,20). The minimum Gasteiger partial charge on any atom is -0.370 e. The van der Waals surface area contributed by atoms with Gasteiger partial charge in [-0.1, -0.05) is 19.1 Å². The van der Waals surface area contributed by atoms with Crippen LogP contribution in [0.4, 0.5) is 11.5 Å². The van der Waals surface area contributed by atoms with Crippen LogP contribution in [0.25, 0.3) is 0 Å². The zero-order chi connectivity index (χ0) is 15.1. The first kappa shape index (κ1) is 14.9. The molecular weight excluding hydrogens is 260 g/mol. The summed E-state index contributed by atoms with van der Waals surface area (Å²) < 4.78 is 0. The molecule has 21 heavy (non-hydrogen) atoms. The van der Waals surface area contributed by atoms with Crippen LogP contribution in [-0.2, 0) is 6.54 Å². The Kier molecular flexibility index (Phi) is 5.16. The van der Waals surface area contributed by atoms with E-state index in [4.69, 9.17) is 5.26 Å². The highest BCUT2D eigenvalue weighted by Gasteiger charge is 2.05. The first-order valence-corrected chi connectivity index (χ1v) is 7.14. The zero-order valence-electron chi connectivity index (χ0n) is 12.5. The van der Waals surface area contributed by atoms with Crippen LogP contribution in [0.2, 0.25) is 0 Å². The number of nitriles is 1. The van der Waals surface area contributed by atoms with Crippen molar-refractivity contribution in [2.75, 3.05) is 23.8 Å². The second-order valence-corrected chi connectivity index (χ2v) is 4.96. The van der Waals surface area contributed by atoms with E-state index >= 15 is 0 Å². The summed E-state index contributed by atoms with van der Waals surface area (Å²) in [4.78, 5) is 6.69. The summed E-state index contributed by atoms with van der Waals surface area (Å²) in [6, 6.07) is 15.8. The van der Waals surface area contributed by atoms with Crippen molar-refractivity contribution >= 4 is 11.5 Å². The monoisotopic (exact) mass is 280 g/mol. The topological polar surface area (TPSA) is 52.0 Å². The van der Waals surface area contributed by atoms with Gasteiger partial charge in [0.15, 0.2) is 0 Å². The van der Waals surface area contributed by atoms with Gasteiger partial charge in [-0.15, -0.1) is 0 Å². The van der Waals surface area contributed by atoms with Crippen LogP contribution < -0.4 is 10.2 Å². The number of hydrogen-bond acceptors (Lipinski definition) is 4. The highest BCUT2D eigenvalue weighted by molar-refractivity contribution is 5.51. The van der Waals surface area contributed by atoms with Crippen molar-refractivity contribution in [2.24, 2.45) is 0 Å². The Balaban J connectivity index is 2.08. The van der Waals surface area contributed by atoms with Crippen LogP contribution in [0.15, 0.2) is 42.5 Å². The van der Waals surface area contributed by atoms with E-state index < -0.39 is 0 Å². The van der Waals surface area contributed by atoms with Gasteiger partial charge in [-0.2, -0.15) is 5.26 Å². The lowest BCUT2D eigenvalue weighted by Gasteiger charge is -2.19. The van der Waals surface area contributed by atoms with E-state index in [2.05, 4.69) is 28.2 Å². The van der Waals surface area contributed by atoms with E-state index in [0.717, 1.165) is 30.2 Å². The van der Waals surface area contributed by atoms with Crippen LogP contribution in [0, 0.1) is 11.3 Å². The van der Waals surface area contributed by atoms with Gasteiger partial charge < -0.3 is 10.2 Å². The molecule has 0 fully saturated rings. The fourth-order valence-corrected chi connectivity index (χ4v) is 2.07. The largest absolute Gasteiger partial charge is 0.370 e. The molecule has 1 aromatic heterocycles. The lowest BCUT2D eigenvalue weighted by molar-refractivity contribution is 0.880. The first-order valence-electron chi connectivity index (χ1n) is 7.14. The maximum atomic E-state index is 8.96. The minimum atomic E-state index is 0.672. The third-order valence-electron chi connectivity index (χ3n) is 3.18. The number of rotatable bonds is 6. The molecule has 2 aromatic rings. The summed E-state index contributed by atoms with van der Waals surface area (Å²) in [5.74, 6) is 0.911. The van der Waals surface area contributed by atoms with Gasteiger partial charge in [-0.25, -0.2) is 4.98 Å². The Morgan fingerprint density at radius 2 is 2.05 bits per heavy atom. The summed E-state index contributed by atoms with van der Waals surface area (Å²) in [7, 11) is 2.00. The average Bonchev–Trinajstić information content (AvgIpc) is 2.53. The highest BCUT2D eigenvalue weighted by atomic mass is 15.1. The fourth-order valence-electron chi connectivity index (χ4n) is 2.07. The lowest BCUT2D eigenvalue weighted by atomic mass is 10.2. The molecule has 0 amide bonds. The van der Waals surface area contributed by atoms with Crippen molar-refractivity contribution in [1.29, 1.82) is 5.26 Å². The van der Waals surface area contributed by atoms with Gasteiger partial charge >= 0.3 is 0 Å². The van der Waals surface area contributed by atoms with E-state index in [1.54, 1.807) is 0 Å². The Morgan fingerprint density at radius 3 is 2.81 bits per heavy atom. The van der Waals surface area contributed by atoms with E-state index in [1.165, 1.54) is 0 Å². The van der Waals surface area contributed by atoms with Gasteiger partial charge in [0.2, 0.25) is 0 Å². The summed E-state index contributed by atoms with van der Waals surface area (Å²) in [6.45, 7) is 3.76. The second kappa shape index (κ2) is 7.30. The molecule has 0 unspecified atom stereocenters. The van der Waals surface area contributed by atoms with Gasteiger partial charge in [0, 0.05) is 19.3 Å². The van der Waals surface area contributed by atoms with Crippen molar-refractivity contribution in [2.45, 2.75) is 19.9 Å². The summed E-state index contributed by atoms with van der Waals surface area (Å²) >= 11 is 0. The minimum absolute atomic E-state index is 0.672. The van der Waals surface area contributed by atoms with Gasteiger partial charge in [0.1, 0.15) is 5.82 Å². The molecule has 0 saturated carbocycles. The molecule has 0 spiro atoms. The SMILES string of the molecule is CCCNc1cccc(CN(C)c2cccc(C#N)c2)n1. The summed E-state index contributed by atoms with van der Waals surface area (Å²) in [5.41, 5.74) is 2.69. The van der Waals surface area contributed by atoms with Gasteiger partial charge in [0.25, 0.3) is 0 Å². The third kappa shape index (κ3) is 4.22. The van der Waals surface area contributed by atoms with Gasteiger partial charge in [0.05, 0.1) is 23.9 Å². The van der Waals surface area contributed by atoms with E-state index in [1.807, 2.05) is 49.5 Å². The molecule has 108 valence electrons. The van der Waals surface area contributed by atoms with Crippen molar-refractivity contribution in [3.63, 3.8) is 0 Å². The molecular formula is C17H20N4. The Hall–Kier alpha value is -2.54. The quantitative estimate of drug-likeness (QED) is 0.881. The molecule has 2 rings (SSSR count). The number of anilines is 2. The molecule has 1 heterocycles. The molecule has 0 saturated heterocycles. The van der Waals surface area contributed by atoms with Crippen molar-refractivity contribution in [3.8, 4) is 6.07 Å². The molecule has 1 aromatic carbocycles.